The van der Waals surface area contributed by atoms with Gasteiger partial charge in [0.2, 0.25) is 17.6 Å². The van der Waals surface area contributed by atoms with E-state index in [9.17, 15) is 9.59 Å². The van der Waals surface area contributed by atoms with E-state index in [4.69, 9.17) is 18.9 Å². The summed E-state index contributed by atoms with van der Waals surface area (Å²) in [4.78, 5) is 38.6. The first-order chi connectivity index (χ1) is 19.6. The molecule has 0 saturated carbocycles. The summed E-state index contributed by atoms with van der Waals surface area (Å²) in [5, 5.41) is 5.96. The van der Waals surface area contributed by atoms with Crippen molar-refractivity contribution < 1.29 is 28.5 Å². The van der Waals surface area contributed by atoms with Gasteiger partial charge in [-0.1, -0.05) is 6.58 Å². The third-order valence-corrected chi connectivity index (χ3v) is 6.13. The first kappa shape index (κ1) is 30.7. The normalized spacial score (nSPS) is 10.5. The average molecular weight is 565 g/mol. The second-order valence-corrected chi connectivity index (χ2v) is 9.11. The van der Waals surface area contributed by atoms with Crippen LogP contribution in [0.5, 0.6) is 23.0 Å². The fraction of sp³-hybridized carbons (Fsp3) is 0.310. The Morgan fingerprint density at radius 3 is 2.12 bits per heavy atom. The first-order valence-electron chi connectivity index (χ1n) is 12.6. The Bertz CT molecular complexity index is 1390. The summed E-state index contributed by atoms with van der Waals surface area (Å²) in [6.45, 7) is 5.05. The molecule has 0 saturated heterocycles. The highest BCUT2D eigenvalue weighted by Gasteiger charge is 2.24. The third-order valence-electron chi connectivity index (χ3n) is 6.13. The number of hydrogen-bond donors (Lipinski definition) is 2. The van der Waals surface area contributed by atoms with Crippen molar-refractivity contribution in [3.63, 3.8) is 0 Å². The maximum Gasteiger partial charge on any atom is 0.247 e. The Morgan fingerprint density at radius 1 is 0.902 bits per heavy atom. The molecule has 3 aromatic rings. The predicted octanol–water partition coefficient (Wildman–Crippen LogP) is 3.61. The molecule has 2 N–H and O–H groups in total. The summed E-state index contributed by atoms with van der Waals surface area (Å²) in [6, 6.07) is 8.20. The molecule has 1 amide bonds. The van der Waals surface area contributed by atoms with Crippen molar-refractivity contribution >= 4 is 34.7 Å². The highest BCUT2D eigenvalue weighted by Crippen LogP contribution is 2.38. The molecule has 0 spiro atoms. The van der Waals surface area contributed by atoms with E-state index in [0.29, 0.717) is 29.4 Å². The van der Waals surface area contributed by atoms with Crippen LogP contribution in [-0.2, 0) is 4.79 Å². The van der Waals surface area contributed by atoms with Gasteiger partial charge in [0.25, 0.3) is 0 Å². The Labute approximate surface area is 239 Å². The number of likely N-dealkylation sites (N-methyl/N-ethyl adjacent to an activating group) is 2. The molecule has 2 aromatic carbocycles. The first-order valence-corrected chi connectivity index (χ1v) is 12.6. The number of amides is 1. The molecule has 0 bridgehead atoms. The van der Waals surface area contributed by atoms with Crippen molar-refractivity contribution in [3.8, 4) is 23.0 Å². The van der Waals surface area contributed by atoms with Gasteiger partial charge in [0.05, 0.1) is 45.5 Å². The number of carbonyl (C=O) groups excluding carboxylic acids is 2. The van der Waals surface area contributed by atoms with Gasteiger partial charge >= 0.3 is 0 Å². The van der Waals surface area contributed by atoms with E-state index in [1.54, 1.807) is 24.3 Å². The van der Waals surface area contributed by atoms with Crippen molar-refractivity contribution in [3.05, 3.63) is 60.4 Å². The summed E-state index contributed by atoms with van der Waals surface area (Å²) < 4.78 is 21.8. The van der Waals surface area contributed by atoms with Crippen molar-refractivity contribution in [1.82, 2.24) is 14.9 Å². The van der Waals surface area contributed by atoms with Gasteiger partial charge in [-0.3, -0.25) is 9.59 Å². The Kier molecular flexibility index (Phi) is 10.5. The number of rotatable bonds is 14. The summed E-state index contributed by atoms with van der Waals surface area (Å²) in [7, 11) is 11.9. The maximum atomic E-state index is 13.6. The number of methoxy groups -OCH3 is 4. The molecule has 0 aliphatic carbocycles. The second-order valence-electron chi connectivity index (χ2n) is 9.11. The Hall–Kier alpha value is -4.84. The van der Waals surface area contributed by atoms with Gasteiger partial charge in [0, 0.05) is 44.5 Å². The van der Waals surface area contributed by atoms with Crippen LogP contribution in [0.25, 0.3) is 0 Å². The molecule has 0 aliphatic rings. The number of ketones is 1. The number of nitrogens with one attached hydrogen (secondary N) is 2. The second kappa shape index (κ2) is 14.0. The topological polar surface area (TPSA) is 127 Å². The molecular formula is C29H36N6O6. The Balaban J connectivity index is 2.01. The Morgan fingerprint density at radius 2 is 1.56 bits per heavy atom. The zero-order chi connectivity index (χ0) is 30.1. The zero-order valence-corrected chi connectivity index (χ0v) is 24.4. The molecule has 0 aliphatic heterocycles. The number of ether oxygens (including phenoxy) is 4. The average Bonchev–Trinajstić information content (AvgIpc) is 2.98. The lowest BCUT2D eigenvalue weighted by molar-refractivity contribution is -0.111. The highest BCUT2D eigenvalue weighted by atomic mass is 16.5. The van der Waals surface area contributed by atoms with E-state index in [-0.39, 0.29) is 34.6 Å². The van der Waals surface area contributed by atoms with Crippen LogP contribution in [0.4, 0.5) is 23.0 Å². The number of nitrogens with zero attached hydrogens (tertiary/aromatic N) is 4. The van der Waals surface area contributed by atoms with E-state index in [1.165, 1.54) is 46.8 Å². The minimum Gasteiger partial charge on any atom is -0.496 e. The summed E-state index contributed by atoms with van der Waals surface area (Å²) in [6.07, 6.45) is 2.65. The molecule has 3 rings (SSSR count). The third kappa shape index (κ3) is 7.42. The molecule has 41 heavy (non-hydrogen) atoms. The van der Waals surface area contributed by atoms with E-state index >= 15 is 0 Å². The van der Waals surface area contributed by atoms with Gasteiger partial charge in [-0.05, 0) is 32.3 Å². The fourth-order valence-electron chi connectivity index (χ4n) is 3.93. The minimum absolute atomic E-state index is 0.100. The monoisotopic (exact) mass is 564 g/mol. The lowest BCUT2D eigenvalue weighted by Gasteiger charge is -2.26. The SMILES string of the molecule is C=CC(=O)Nc1cc(Nc2nccc(C(=O)c3c(OC)cc(OC)cc3OC)n2)c(OC)cc1N(C)CCN(C)C. The number of aromatic nitrogens is 2. The molecule has 1 aromatic heterocycles. The molecule has 0 unspecified atom stereocenters. The van der Waals surface area contributed by atoms with E-state index in [0.717, 1.165) is 12.2 Å². The van der Waals surface area contributed by atoms with Crippen molar-refractivity contribution in [2.45, 2.75) is 0 Å². The van der Waals surface area contributed by atoms with Crippen molar-refractivity contribution in [2.24, 2.45) is 0 Å². The van der Waals surface area contributed by atoms with Gasteiger partial charge in [-0.25, -0.2) is 9.97 Å². The maximum absolute atomic E-state index is 13.6. The van der Waals surface area contributed by atoms with Gasteiger partial charge in [0.1, 0.15) is 34.3 Å². The van der Waals surface area contributed by atoms with Crippen molar-refractivity contribution in [1.29, 1.82) is 0 Å². The summed E-state index contributed by atoms with van der Waals surface area (Å²) >= 11 is 0. The van der Waals surface area contributed by atoms with Gasteiger partial charge in [0.15, 0.2) is 0 Å². The quantitative estimate of drug-likeness (QED) is 0.220. The van der Waals surface area contributed by atoms with Gasteiger partial charge in [-0.2, -0.15) is 0 Å². The molecular weight excluding hydrogens is 528 g/mol. The molecule has 218 valence electrons. The lowest BCUT2D eigenvalue weighted by atomic mass is 10.0. The van der Waals surface area contributed by atoms with E-state index in [2.05, 4.69) is 32.1 Å². The molecule has 0 fully saturated rings. The van der Waals surface area contributed by atoms with Crippen molar-refractivity contribution in [2.75, 3.05) is 78.2 Å². The van der Waals surface area contributed by atoms with E-state index < -0.39 is 5.78 Å². The van der Waals surface area contributed by atoms with Crippen LogP contribution in [0.2, 0.25) is 0 Å². The number of anilines is 4. The van der Waals surface area contributed by atoms with Crippen LogP contribution < -0.4 is 34.5 Å². The molecule has 1 heterocycles. The predicted molar refractivity (Wildman–Crippen MR) is 158 cm³/mol. The number of hydrogen-bond acceptors (Lipinski definition) is 11. The van der Waals surface area contributed by atoms with Gasteiger partial charge in [-0.15, -0.1) is 0 Å². The van der Waals surface area contributed by atoms with Crippen LogP contribution in [0.1, 0.15) is 16.1 Å². The van der Waals surface area contributed by atoms with Crippen LogP contribution in [0.3, 0.4) is 0 Å². The van der Waals surface area contributed by atoms with E-state index in [1.807, 2.05) is 26.0 Å². The minimum atomic E-state index is -0.435. The molecule has 12 nitrogen and oxygen atoms in total. The van der Waals surface area contributed by atoms with Crippen LogP contribution in [0.15, 0.2) is 49.2 Å². The standard InChI is InChI=1S/C29H36N6O6/c1-9-26(36)31-20-16-21(23(39-6)17-22(20)35(4)13-12-34(2)3)33-29-30-11-10-19(32-29)28(37)27-24(40-7)14-18(38-5)15-25(27)41-8/h9-11,14-17H,1,12-13H2,2-8H3,(H,31,36)(H,30,32,33). The summed E-state index contributed by atoms with van der Waals surface area (Å²) in [5.74, 6) is 0.838. The molecule has 0 radical (unpaired) electrons. The zero-order valence-electron chi connectivity index (χ0n) is 24.4. The number of benzene rings is 2. The van der Waals surface area contributed by atoms with Crippen LogP contribution >= 0.6 is 0 Å². The highest BCUT2D eigenvalue weighted by molar-refractivity contribution is 6.11. The molecule has 12 heteroatoms. The van der Waals surface area contributed by atoms with Crippen LogP contribution in [-0.4, -0.2) is 89.2 Å². The lowest BCUT2D eigenvalue weighted by Crippen LogP contribution is -2.29. The largest absolute Gasteiger partial charge is 0.496 e. The van der Waals surface area contributed by atoms with Gasteiger partial charge < -0.3 is 39.4 Å². The van der Waals surface area contributed by atoms with Crippen LogP contribution in [0, 0.1) is 0 Å². The fourth-order valence-corrected chi connectivity index (χ4v) is 3.93. The summed E-state index contributed by atoms with van der Waals surface area (Å²) in [5.41, 5.74) is 2.04. The smallest absolute Gasteiger partial charge is 0.247 e. The number of carbonyl (C=O) groups is 2. The molecule has 0 atom stereocenters.